The molecule has 2 aliphatic rings. The zero-order chi connectivity index (χ0) is 21.2. The highest BCUT2D eigenvalue weighted by Gasteiger charge is 2.23. The van der Waals surface area contributed by atoms with E-state index in [4.69, 9.17) is 5.10 Å². The lowest BCUT2D eigenvalue weighted by Crippen LogP contribution is -2.45. The second-order valence-corrected chi connectivity index (χ2v) is 8.89. The number of anilines is 1. The van der Waals surface area contributed by atoms with E-state index in [1.165, 1.54) is 25.7 Å². The number of likely N-dealkylation sites (tertiary alicyclic amines) is 1. The Morgan fingerprint density at radius 1 is 1.13 bits per heavy atom. The van der Waals surface area contributed by atoms with Gasteiger partial charge in [0.2, 0.25) is 0 Å². The number of rotatable bonds is 6. The molecule has 0 bridgehead atoms. The summed E-state index contributed by atoms with van der Waals surface area (Å²) in [6, 6.07) is 4.27. The van der Waals surface area contributed by atoms with Crippen LogP contribution in [0.5, 0.6) is 0 Å². The Morgan fingerprint density at radius 3 is 2.97 bits per heavy atom. The molecule has 2 N–H and O–H groups in total. The van der Waals surface area contributed by atoms with Gasteiger partial charge in [0.25, 0.3) is 5.56 Å². The topological polar surface area (TPSA) is 91.7 Å². The Balaban J connectivity index is 1.25. The van der Waals surface area contributed by atoms with E-state index in [1.54, 1.807) is 11.0 Å². The quantitative estimate of drug-likeness (QED) is 0.636. The van der Waals surface area contributed by atoms with Crippen molar-refractivity contribution < 1.29 is 0 Å². The molecule has 0 spiro atoms. The van der Waals surface area contributed by atoms with E-state index in [2.05, 4.69) is 25.2 Å². The molecule has 0 amide bonds. The van der Waals surface area contributed by atoms with Crippen LogP contribution in [0, 0.1) is 6.92 Å². The standard InChI is InChI=1S/C23H31N7O/c1-16-12-20-22(27-16)23(26-15-25-20)24-14-18-7-4-5-9-29(18)10-11-30-21(31)13-17-6-2-3-8-19(17)28-30/h12-13,15,18,27H,2-11,14H2,1H3,(H,24,25,26). The Kier molecular flexibility index (Phi) is 5.72. The first kappa shape index (κ1) is 20.2. The van der Waals surface area contributed by atoms with Gasteiger partial charge in [-0.3, -0.25) is 9.69 Å². The van der Waals surface area contributed by atoms with E-state index in [-0.39, 0.29) is 5.56 Å². The molecule has 164 valence electrons. The molecule has 1 aliphatic carbocycles. The van der Waals surface area contributed by atoms with Crippen LogP contribution in [0.15, 0.2) is 23.3 Å². The molecule has 0 aromatic carbocycles. The van der Waals surface area contributed by atoms with Gasteiger partial charge < -0.3 is 10.3 Å². The number of nitrogens with one attached hydrogen (secondary N) is 2. The molecule has 8 nitrogen and oxygen atoms in total. The fourth-order valence-electron chi connectivity index (χ4n) is 4.99. The molecule has 4 heterocycles. The van der Waals surface area contributed by atoms with Crippen LogP contribution < -0.4 is 10.9 Å². The van der Waals surface area contributed by atoms with Gasteiger partial charge in [0.15, 0.2) is 5.82 Å². The second kappa shape index (κ2) is 8.78. The number of aryl methyl sites for hydroxylation is 3. The van der Waals surface area contributed by atoms with E-state index in [9.17, 15) is 4.79 Å². The van der Waals surface area contributed by atoms with Gasteiger partial charge in [-0.25, -0.2) is 14.6 Å². The van der Waals surface area contributed by atoms with Crippen molar-refractivity contribution in [3.63, 3.8) is 0 Å². The molecule has 31 heavy (non-hydrogen) atoms. The monoisotopic (exact) mass is 421 g/mol. The van der Waals surface area contributed by atoms with Crippen molar-refractivity contribution in [3.05, 3.63) is 45.8 Å². The van der Waals surface area contributed by atoms with Crippen molar-refractivity contribution in [2.45, 2.75) is 64.5 Å². The van der Waals surface area contributed by atoms with Crippen molar-refractivity contribution in [3.8, 4) is 0 Å². The lowest BCUT2D eigenvalue weighted by Gasteiger charge is -2.36. The largest absolute Gasteiger partial charge is 0.367 e. The molecule has 1 unspecified atom stereocenters. The summed E-state index contributed by atoms with van der Waals surface area (Å²) in [5.74, 6) is 0.858. The molecular formula is C23H31N7O. The van der Waals surface area contributed by atoms with Crippen molar-refractivity contribution in [2.75, 3.05) is 25.0 Å². The van der Waals surface area contributed by atoms with E-state index >= 15 is 0 Å². The number of fused-ring (bicyclic) bond motifs is 2. The normalized spacial score (nSPS) is 19.5. The number of hydrogen-bond acceptors (Lipinski definition) is 6. The predicted molar refractivity (Wildman–Crippen MR) is 121 cm³/mol. The summed E-state index contributed by atoms with van der Waals surface area (Å²) < 4.78 is 1.68. The number of aromatic nitrogens is 5. The fourth-order valence-corrected chi connectivity index (χ4v) is 4.99. The second-order valence-electron chi connectivity index (χ2n) is 8.89. The van der Waals surface area contributed by atoms with E-state index in [0.29, 0.717) is 12.6 Å². The van der Waals surface area contributed by atoms with Crippen LogP contribution in [0.1, 0.15) is 49.1 Å². The average molecular weight is 422 g/mol. The summed E-state index contributed by atoms with van der Waals surface area (Å²) in [5, 5.41) is 8.24. The molecule has 1 aliphatic heterocycles. The third-order valence-corrected chi connectivity index (χ3v) is 6.68. The summed E-state index contributed by atoms with van der Waals surface area (Å²) in [4.78, 5) is 27.2. The molecule has 0 saturated carbocycles. The van der Waals surface area contributed by atoms with Crippen LogP contribution in [0.2, 0.25) is 0 Å². The van der Waals surface area contributed by atoms with Crippen LogP contribution in [0.3, 0.4) is 0 Å². The molecule has 1 fully saturated rings. The van der Waals surface area contributed by atoms with Crippen LogP contribution in [-0.4, -0.2) is 55.3 Å². The Hall–Kier alpha value is -2.74. The number of aromatic amines is 1. The zero-order valence-electron chi connectivity index (χ0n) is 18.2. The maximum absolute atomic E-state index is 12.5. The van der Waals surface area contributed by atoms with Crippen molar-refractivity contribution in [1.29, 1.82) is 0 Å². The van der Waals surface area contributed by atoms with Gasteiger partial charge in [-0.2, -0.15) is 5.10 Å². The van der Waals surface area contributed by atoms with Crippen LogP contribution in [0.25, 0.3) is 11.0 Å². The molecule has 5 rings (SSSR count). The first-order chi connectivity index (χ1) is 15.2. The number of H-pyrrole nitrogens is 1. The Bertz CT molecular complexity index is 1120. The van der Waals surface area contributed by atoms with Gasteiger partial charge in [0, 0.05) is 30.9 Å². The summed E-state index contributed by atoms with van der Waals surface area (Å²) in [6.45, 7) is 5.42. The molecule has 3 aromatic heterocycles. The van der Waals surface area contributed by atoms with E-state index in [0.717, 1.165) is 72.7 Å². The number of nitrogens with zero attached hydrogens (tertiary/aromatic N) is 5. The van der Waals surface area contributed by atoms with Gasteiger partial charge in [0.05, 0.1) is 17.8 Å². The average Bonchev–Trinajstić information content (AvgIpc) is 3.17. The van der Waals surface area contributed by atoms with Crippen LogP contribution in [-0.2, 0) is 19.4 Å². The third-order valence-electron chi connectivity index (χ3n) is 6.68. The van der Waals surface area contributed by atoms with Gasteiger partial charge in [-0.1, -0.05) is 6.42 Å². The lowest BCUT2D eigenvalue weighted by atomic mass is 9.97. The SMILES string of the molecule is Cc1cc2ncnc(NCC3CCCCN3CCn3nc4c(cc3=O)CCCC4)c2[nH]1. The Labute approximate surface area is 182 Å². The van der Waals surface area contributed by atoms with Crippen LogP contribution in [0.4, 0.5) is 5.82 Å². The fraction of sp³-hybridized carbons (Fsp3) is 0.565. The summed E-state index contributed by atoms with van der Waals surface area (Å²) in [5.41, 5.74) is 5.30. The van der Waals surface area contributed by atoms with Gasteiger partial charge in [-0.05, 0) is 63.6 Å². The third kappa shape index (κ3) is 4.35. The van der Waals surface area contributed by atoms with Gasteiger partial charge >= 0.3 is 0 Å². The summed E-state index contributed by atoms with van der Waals surface area (Å²) >= 11 is 0. The smallest absolute Gasteiger partial charge is 0.267 e. The minimum Gasteiger partial charge on any atom is -0.367 e. The first-order valence-corrected chi connectivity index (χ1v) is 11.6. The number of piperidine rings is 1. The van der Waals surface area contributed by atoms with Crippen molar-refractivity contribution in [1.82, 2.24) is 29.6 Å². The Morgan fingerprint density at radius 2 is 2.03 bits per heavy atom. The molecule has 1 atom stereocenters. The van der Waals surface area contributed by atoms with Gasteiger partial charge in [-0.15, -0.1) is 0 Å². The maximum atomic E-state index is 12.5. The highest BCUT2D eigenvalue weighted by Crippen LogP contribution is 2.22. The molecule has 1 saturated heterocycles. The van der Waals surface area contributed by atoms with Crippen molar-refractivity contribution in [2.24, 2.45) is 0 Å². The van der Waals surface area contributed by atoms with E-state index < -0.39 is 0 Å². The number of hydrogen-bond donors (Lipinski definition) is 2. The molecule has 3 aromatic rings. The van der Waals surface area contributed by atoms with Crippen molar-refractivity contribution >= 4 is 16.9 Å². The maximum Gasteiger partial charge on any atom is 0.267 e. The highest BCUT2D eigenvalue weighted by atomic mass is 16.1. The lowest BCUT2D eigenvalue weighted by molar-refractivity contribution is 0.147. The minimum absolute atomic E-state index is 0.0397. The highest BCUT2D eigenvalue weighted by molar-refractivity contribution is 5.86. The summed E-state index contributed by atoms with van der Waals surface area (Å²) in [6.07, 6.45) is 9.54. The van der Waals surface area contributed by atoms with Gasteiger partial charge in [0.1, 0.15) is 11.8 Å². The zero-order valence-corrected chi connectivity index (χ0v) is 18.2. The molecular weight excluding hydrogens is 390 g/mol. The summed E-state index contributed by atoms with van der Waals surface area (Å²) in [7, 11) is 0. The predicted octanol–water partition coefficient (Wildman–Crippen LogP) is 2.67. The van der Waals surface area contributed by atoms with E-state index in [1.807, 2.05) is 19.1 Å². The first-order valence-electron chi connectivity index (χ1n) is 11.6. The molecule has 0 radical (unpaired) electrons. The van der Waals surface area contributed by atoms with Crippen LogP contribution >= 0.6 is 0 Å². The minimum atomic E-state index is 0.0397. The molecule has 8 heteroatoms.